The summed E-state index contributed by atoms with van der Waals surface area (Å²) >= 11 is -0.505. The van der Waals surface area contributed by atoms with Crippen molar-refractivity contribution in [2.24, 2.45) is 17.8 Å². The van der Waals surface area contributed by atoms with Crippen LogP contribution in [0, 0.1) is 17.8 Å². The predicted molar refractivity (Wildman–Crippen MR) is 172 cm³/mol. The van der Waals surface area contributed by atoms with Crippen molar-refractivity contribution in [2.45, 2.75) is 97.6 Å². The number of hydrogen-bond acceptors (Lipinski definition) is 4. The molecule has 4 rings (SSSR count). The molecule has 1 aliphatic carbocycles. The van der Waals surface area contributed by atoms with Crippen LogP contribution < -0.4 is 31.8 Å². The number of nitrogens with zero attached hydrogens (tertiary/aromatic N) is 1. The van der Waals surface area contributed by atoms with Gasteiger partial charge in [0, 0.05) is 0 Å². The molecule has 5 nitrogen and oxygen atoms in total. The number of rotatable bonds is 13. The van der Waals surface area contributed by atoms with E-state index in [0.29, 0.717) is 5.92 Å². The van der Waals surface area contributed by atoms with E-state index in [0.717, 1.165) is 62.6 Å². The number of aryl methyl sites for hydroxylation is 1. The Morgan fingerprint density at radius 1 is 1.12 bits per heavy atom. The number of unbranched alkanes of at least 4 members (excludes halogenated alkanes) is 1. The molecule has 40 heavy (non-hydrogen) atoms. The molecule has 0 radical (unpaired) electrons. The van der Waals surface area contributed by atoms with Gasteiger partial charge in [-0.05, 0) is 0 Å². The average molecular weight is 771 g/mol. The van der Waals surface area contributed by atoms with Crippen LogP contribution in [0.2, 0.25) is 0 Å². The Kier molecular flexibility index (Phi) is 12.2. The van der Waals surface area contributed by atoms with Gasteiger partial charge in [-0.2, -0.15) is 0 Å². The van der Waals surface area contributed by atoms with E-state index < -0.39 is 0 Å². The third-order valence-corrected chi connectivity index (χ3v) is 17.8. The van der Waals surface area contributed by atoms with E-state index in [-0.39, 0.29) is 77.5 Å². The number of halogens is 2. The van der Waals surface area contributed by atoms with E-state index in [1.807, 2.05) is 6.92 Å². The third-order valence-electron chi connectivity index (χ3n) is 8.59. The number of fused-ring (bicyclic) bond motifs is 1. The zero-order valence-electron chi connectivity index (χ0n) is 24.7. The first-order chi connectivity index (χ1) is 19.4. The zero-order chi connectivity index (χ0) is 28.6. The molecule has 1 aromatic heterocycles. The maximum absolute atomic E-state index is 14.3. The molecule has 2 heterocycles. The first-order valence-corrected chi connectivity index (χ1v) is 19.6. The van der Waals surface area contributed by atoms with Crippen molar-refractivity contribution in [3.63, 3.8) is 0 Å². The summed E-state index contributed by atoms with van der Waals surface area (Å²) < 4.78 is 5.77. The van der Waals surface area contributed by atoms with Gasteiger partial charge >= 0.3 is 263 Å². The van der Waals surface area contributed by atoms with Crippen molar-refractivity contribution in [1.82, 2.24) is 15.6 Å². The molecule has 1 saturated carbocycles. The third kappa shape index (κ3) is 7.60. The number of aromatic nitrogens is 1. The number of hydrogen-bond donors (Lipinski definition) is 2. The van der Waals surface area contributed by atoms with Gasteiger partial charge in [-0.1, -0.05) is 0 Å². The fourth-order valence-corrected chi connectivity index (χ4v) is 15.5. The van der Waals surface area contributed by atoms with Crippen molar-refractivity contribution >= 4 is 48.4 Å². The molecule has 220 valence electrons. The van der Waals surface area contributed by atoms with E-state index in [9.17, 15) is 9.59 Å². The molecule has 2 aromatic rings. The summed E-state index contributed by atoms with van der Waals surface area (Å²) in [6.07, 6.45) is 9.90. The van der Waals surface area contributed by atoms with Crippen LogP contribution in [0.3, 0.4) is 0 Å². The quantitative estimate of drug-likeness (QED) is 0.303. The number of pyridine rings is 1. The Morgan fingerprint density at radius 3 is 2.58 bits per heavy atom. The molecule has 0 unspecified atom stereocenters. The van der Waals surface area contributed by atoms with Gasteiger partial charge in [-0.25, -0.2) is 0 Å². The number of nitrogens with one attached hydrogen (secondary N) is 2. The molecule has 1 fully saturated rings. The van der Waals surface area contributed by atoms with E-state index >= 15 is 0 Å². The molecule has 2 N–H and O–H groups in total. The SMILES string of the molecule is CCCC[C@@H](C1=IC(c2cc(CC)nc3ccccc23)=C[I-]1)[C@@H](C)C(=O)[C@@H](NC(=O)[C@H](C)NC)C1CCCCC1. The zero-order valence-corrected chi connectivity index (χ0v) is 29.0. The van der Waals surface area contributed by atoms with Crippen molar-refractivity contribution in [2.75, 3.05) is 7.05 Å². The molecule has 7 heteroatoms. The first-order valence-electron chi connectivity index (χ1n) is 15.1. The van der Waals surface area contributed by atoms with Crippen molar-refractivity contribution < 1.29 is 30.8 Å². The Balaban J connectivity index is 1.63. The second-order valence-corrected chi connectivity index (χ2v) is 18.7. The Morgan fingerprint density at radius 2 is 1.88 bits per heavy atom. The minimum absolute atomic E-state index is 0.0580. The molecular weight excluding hydrogens is 724 g/mol. The maximum atomic E-state index is 14.3. The molecule has 0 spiro atoms. The van der Waals surface area contributed by atoms with Crippen molar-refractivity contribution in [1.29, 1.82) is 0 Å². The van der Waals surface area contributed by atoms with Gasteiger partial charge in [-0.3, -0.25) is 0 Å². The van der Waals surface area contributed by atoms with E-state index in [1.54, 1.807) is 8.56 Å². The van der Waals surface area contributed by atoms with Crippen LogP contribution >= 0.6 is 20.7 Å². The molecule has 4 atom stereocenters. The van der Waals surface area contributed by atoms with Gasteiger partial charge in [0.1, 0.15) is 0 Å². The summed E-state index contributed by atoms with van der Waals surface area (Å²) in [6, 6.07) is 10.2. The topological polar surface area (TPSA) is 71.1 Å². The molecule has 0 saturated heterocycles. The van der Waals surface area contributed by atoms with E-state index in [2.05, 4.69) is 65.8 Å². The molecule has 1 aliphatic heterocycles. The van der Waals surface area contributed by atoms with E-state index in [1.165, 1.54) is 21.0 Å². The number of carbonyl (C=O) groups excluding carboxylic acids is 2. The molecule has 0 bridgehead atoms. The Hall–Kier alpha value is -1.20. The minimum atomic E-state index is -0.371. The second-order valence-electron chi connectivity index (χ2n) is 11.3. The van der Waals surface area contributed by atoms with Gasteiger partial charge in [-0.15, -0.1) is 0 Å². The standard InChI is InChI=1S/C33H46I2N3O2/c1-6-8-16-25(21(3)31(39)30(23-14-10-9-11-15-23)38-33(40)22(4)36-5)32-34-20-28(35-32)27-19-24(7-2)37-29-18-13-12-17-26(27)29/h12-13,17-23,25,30,36H,6-11,14-16H2,1-5H3,(H,38,40)/q-1/t21-,22+,25-,30+/m1/s1. The molecule has 1 amide bonds. The molecule has 1 aromatic carbocycles. The fourth-order valence-electron chi connectivity index (χ4n) is 5.86. The summed E-state index contributed by atoms with van der Waals surface area (Å²) in [4.78, 5) is 32.2. The molecular formula is C33H46I2N3O2-. The first kappa shape index (κ1) is 31.7. The number of amides is 1. The summed E-state index contributed by atoms with van der Waals surface area (Å²) in [5.74, 6) is 0.723. The number of benzene rings is 1. The number of carbonyl (C=O) groups is 2. The van der Waals surface area contributed by atoms with Crippen LogP contribution in [0.25, 0.3) is 14.5 Å². The monoisotopic (exact) mass is 770 g/mol. The van der Waals surface area contributed by atoms with E-state index in [4.69, 9.17) is 4.98 Å². The van der Waals surface area contributed by atoms with Crippen LogP contribution in [-0.2, 0) is 16.0 Å². The normalized spacial score (nSPS) is 19.4. The number of para-hydroxylation sites is 1. The van der Waals surface area contributed by atoms with Crippen molar-refractivity contribution in [3.8, 4) is 0 Å². The van der Waals surface area contributed by atoms with Gasteiger partial charge < -0.3 is 0 Å². The van der Waals surface area contributed by atoms with Gasteiger partial charge in [0.25, 0.3) is 0 Å². The van der Waals surface area contributed by atoms with Gasteiger partial charge in [0.15, 0.2) is 0 Å². The van der Waals surface area contributed by atoms with Gasteiger partial charge in [0.2, 0.25) is 0 Å². The second kappa shape index (κ2) is 15.3. The van der Waals surface area contributed by atoms with Crippen LogP contribution in [0.4, 0.5) is 0 Å². The molecule has 2 aliphatic rings. The van der Waals surface area contributed by atoms with Crippen LogP contribution in [0.1, 0.15) is 90.3 Å². The fraction of sp³-hybridized carbons (Fsp3) is 0.576. The average Bonchev–Trinajstić information content (AvgIpc) is 3.48. The summed E-state index contributed by atoms with van der Waals surface area (Å²) in [6.45, 7) is 8.46. The van der Waals surface area contributed by atoms with Crippen LogP contribution in [0.5, 0.6) is 0 Å². The van der Waals surface area contributed by atoms with Crippen LogP contribution in [-0.4, -0.2) is 37.3 Å². The Bertz CT molecular complexity index is 1250. The summed E-state index contributed by atoms with van der Waals surface area (Å²) in [7, 11) is 1.80. The predicted octanol–water partition coefficient (Wildman–Crippen LogP) is 3.98. The Labute approximate surface area is 261 Å². The number of ketones is 1. The number of Topliss-reactive ketones (excluding diaryl/α,β-unsaturated/α-hetero) is 1. The summed E-state index contributed by atoms with van der Waals surface area (Å²) in [5.41, 5.74) is 3.60. The summed E-state index contributed by atoms with van der Waals surface area (Å²) in [5, 5.41) is 7.53. The van der Waals surface area contributed by atoms with Crippen LogP contribution in [0.15, 0.2) is 34.4 Å². The van der Waals surface area contributed by atoms with Crippen molar-refractivity contribution in [3.05, 3.63) is 45.7 Å². The van der Waals surface area contributed by atoms with Gasteiger partial charge in [0.05, 0.1) is 0 Å². The number of likely N-dealkylation sites (N-methyl/N-ethyl adjacent to an activating group) is 1.